The Morgan fingerprint density at radius 3 is 1.86 bits per heavy atom. The number of aromatic nitrogens is 3. The van der Waals surface area contributed by atoms with Crippen molar-refractivity contribution in [2.24, 2.45) is 0 Å². The van der Waals surface area contributed by atoms with E-state index in [-0.39, 0.29) is 12.4 Å². The maximum absolute atomic E-state index is 6.73. The Kier molecular flexibility index (Phi) is 10.7. The first-order chi connectivity index (χ1) is 35.3. The number of nitrogens with zero attached hydrogens (tertiary/aromatic N) is 5. The van der Waals surface area contributed by atoms with Crippen LogP contribution in [0.4, 0.5) is 22.9 Å². The summed E-state index contributed by atoms with van der Waals surface area (Å²) in [6.07, 6.45) is 0. The first-order valence-corrected chi connectivity index (χ1v) is 25.5. The molecule has 0 radical (unpaired) electrons. The Bertz CT molecular complexity index is 3940. The summed E-state index contributed by atoms with van der Waals surface area (Å²) in [6, 6.07) is 86.8. The first-order valence-electron chi connectivity index (χ1n) is 24.3. The summed E-state index contributed by atoms with van der Waals surface area (Å²) < 4.78 is 12.4. The number of fused-ring (bicyclic) bond motifs is 9. The second kappa shape index (κ2) is 17.6. The molecule has 0 saturated heterocycles. The van der Waals surface area contributed by atoms with Crippen LogP contribution in [-0.2, 0) is 24.8 Å². The molecule has 13 rings (SSSR count). The van der Waals surface area contributed by atoms with Gasteiger partial charge in [-0.3, -0.25) is 0 Å². The van der Waals surface area contributed by atoms with Gasteiger partial charge in [-0.2, -0.15) is 12.1 Å². The molecule has 0 amide bonds. The summed E-state index contributed by atoms with van der Waals surface area (Å²) >= 11 is 2.50. The van der Waals surface area contributed by atoms with Crippen molar-refractivity contribution < 1.29 is 24.1 Å². The van der Waals surface area contributed by atoms with Crippen molar-refractivity contribution in [3.63, 3.8) is 0 Å². The van der Waals surface area contributed by atoms with Gasteiger partial charge in [-0.05, 0) is 11.6 Å². The minimum atomic E-state index is -0.167. The molecule has 2 aliphatic rings. The summed E-state index contributed by atoms with van der Waals surface area (Å²) in [4.78, 5) is 9.93. The van der Waals surface area contributed by atoms with Crippen LogP contribution in [0.5, 0.6) is 11.6 Å². The fourth-order valence-corrected chi connectivity index (χ4v) is 11.6. The molecule has 2 aliphatic heterocycles. The summed E-state index contributed by atoms with van der Waals surface area (Å²) in [5.41, 5.74) is 19.0. The van der Waals surface area contributed by atoms with Crippen molar-refractivity contribution in [3.05, 3.63) is 246 Å². The van der Waals surface area contributed by atoms with Crippen molar-refractivity contribution in [1.29, 1.82) is 0 Å². The monoisotopic (exact) mass is 1110 g/mol. The molecule has 2 aromatic heterocycles. The fraction of sp³-hybridized carbons (Fsp3) is 0.0625. The Balaban J connectivity index is 0.923. The van der Waals surface area contributed by atoms with E-state index in [1.165, 1.54) is 33.3 Å². The van der Waals surface area contributed by atoms with E-state index >= 15 is 0 Å². The Hall–Kier alpha value is -8.25. The van der Waals surface area contributed by atoms with Gasteiger partial charge >= 0.3 is 350 Å². The zero-order valence-corrected chi connectivity index (χ0v) is 42.2. The second-order valence-electron chi connectivity index (χ2n) is 19.3. The number of pyridine rings is 1. The van der Waals surface area contributed by atoms with Crippen LogP contribution in [0.15, 0.2) is 224 Å². The minimum absolute atomic E-state index is 0.109. The number of hydrogen-bond donors (Lipinski definition) is 0. The van der Waals surface area contributed by atoms with Gasteiger partial charge in [0.05, 0.1) is 0 Å². The van der Waals surface area contributed by atoms with E-state index in [1.807, 2.05) is 30.3 Å². The van der Waals surface area contributed by atoms with E-state index in [0.29, 0.717) is 11.6 Å². The third-order valence-electron chi connectivity index (χ3n) is 14.0. The Labute approximate surface area is 431 Å². The molecule has 6 nitrogen and oxygen atoms in total. The number of hydrogen-bond acceptors (Lipinski definition) is 4. The molecule has 0 saturated carbocycles. The molecule has 11 aromatic rings. The van der Waals surface area contributed by atoms with Gasteiger partial charge in [0, 0.05) is 11.3 Å². The zero-order valence-electron chi connectivity index (χ0n) is 39.9. The molecular weight excluding hydrogens is 1060 g/mol. The third kappa shape index (κ3) is 7.38. The van der Waals surface area contributed by atoms with Crippen LogP contribution in [0, 0.1) is 15.9 Å². The molecule has 9 aromatic carbocycles. The quantitative estimate of drug-likeness (QED) is 0.112. The molecule has 72 heavy (non-hydrogen) atoms. The maximum atomic E-state index is 6.73. The predicted molar refractivity (Wildman–Crippen MR) is 291 cm³/mol. The van der Waals surface area contributed by atoms with Crippen LogP contribution < -0.4 is 19.8 Å². The van der Waals surface area contributed by atoms with Gasteiger partial charge in [0.2, 0.25) is 0 Å². The van der Waals surface area contributed by atoms with E-state index in [4.69, 9.17) is 9.72 Å². The first kappa shape index (κ1) is 43.7. The number of rotatable bonds is 8. The molecule has 4 heterocycles. The standard InChI is InChI=1S/C64H46BN5O.Pt/c1-64(2,3)48-40-53(46-22-8-5-9-23-46)63(54(41-48)47-38-36-45(37-39-47)44-20-6-4-7-21-44)68-43-67(57-30-14-15-31-58(57)68)49-24-18-25-50(42-49)71-62-35-19-34-61(66-62)70-60-33-17-16-32-59(60)69-56-29-13-11-27-52(56)51-26-10-12-28-55(51)65(69)70;/h4-32,34-41H,1-3H3;/q-2;. The van der Waals surface area contributed by atoms with Crippen molar-refractivity contribution >= 4 is 46.4 Å². The van der Waals surface area contributed by atoms with Crippen molar-refractivity contribution in [2.75, 3.05) is 9.62 Å². The molecular formula is C64H46BN5OPt-2. The molecule has 0 N–H and O–H groups in total. The number of benzene rings is 9. The van der Waals surface area contributed by atoms with Gasteiger partial charge in [-0.1, -0.05) is 42.5 Å². The zero-order chi connectivity index (χ0) is 48.5. The van der Waals surface area contributed by atoms with Gasteiger partial charge in [-0.25, -0.2) is 0 Å². The van der Waals surface area contributed by atoms with E-state index < -0.39 is 0 Å². The van der Waals surface area contributed by atoms with E-state index in [9.17, 15) is 0 Å². The van der Waals surface area contributed by atoms with Crippen molar-refractivity contribution in [1.82, 2.24) is 14.1 Å². The molecule has 0 unspecified atom stereocenters. The SMILES string of the molecule is CC(C)(C)c1cc(-c2ccccc2)c(-n2[c](=[Pt])n(-c3[c-]c(Oc4cccc(N5B6c7ccccc7-c7ccccc7N6c6ccc[c-]c65)n4)ccc3)c3ccccc32)c(-c2ccc(-c3ccccc3)cc2)c1. The van der Waals surface area contributed by atoms with Gasteiger partial charge in [0.15, 0.2) is 0 Å². The molecule has 0 bridgehead atoms. The van der Waals surface area contributed by atoms with E-state index in [2.05, 4.69) is 265 Å². The van der Waals surface area contributed by atoms with Crippen LogP contribution in [0.25, 0.3) is 66.9 Å². The van der Waals surface area contributed by atoms with Gasteiger partial charge < -0.3 is 0 Å². The van der Waals surface area contributed by atoms with Crippen LogP contribution in [-0.4, -0.2) is 21.1 Å². The molecule has 348 valence electrons. The fourth-order valence-electron chi connectivity index (χ4n) is 10.6. The van der Waals surface area contributed by atoms with Gasteiger partial charge in [0.25, 0.3) is 0 Å². The average Bonchev–Trinajstić information content (AvgIpc) is 3.93. The third-order valence-corrected chi connectivity index (χ3v) is 15.0. The normalized spacial score (nSPS) is 12.7. The second-order valence-corrected chi connectivity index (χ2v) is 20.4. The van der Waals surface area contributed by atoms with Crippen molar-refractivity contribution in [3.8, 4) is 67.5 Å². The molecule has 8 heteroatoms. The van der Waals surface area contributed by atoms with E-state index in [1.54, 1.807) is 0 Å². The number of ether oxygens (including phenoxy) is 1. The topological polar surface area (TPSA) is 38.5 Å². The molecule has 0 fully saturated rings. The summed E-state index contributed by atoms with van der Waals surface area (Å²) in [6.45, 7) is 6.72. The van der Waals surface area contributed by atoms with Crippen LogP contribution in [0.2, 0.25) is 0 Å². The number of para-hydroxylation sites is 4. The van der Waals surface area contributed by atoms with Gasteiger partial charge in [0.1, 0.15) is 0 Å². The van der Waals surface area contributed by atoms with Crippen molar-refractivity contribution in [2.45, 2.75) is 26.2 Å². The molecule has 0 atom stereocenters. The van der Waals surface area contributed by atoms with Crippen LogP contribution >= 0.6 is 0 Å². The van der Waals surface area contributed by atoms with E-state index in [0.717, 1.165) is 71.3 Å². The number of anilines is 4. The van der Waals surface area contributed by atoms with Crippen LogP contribution in [0.1, 0.15) is 26.3 Å². The molecule has 0 aliphatic carbocycles. The molecule has 0 spiro atoms. The summed E-state index contributed by atoms with van der Waals surface area (Å²) in [5.74, 6) is 1.79. The Morgan fingerprint density at radius 1 is 0.514 bits per heavy atom. The summed E-state index contributed by atoms with van der Waals surface area (Å²) in [7, 11) is 0. The number of imidazole rings is 1. The summed E-state index contributed by atoms with van der Waals surface area (Å²) in [5, 5.41) is 0. The Morgan fingerprint density at radius 2 is 1.11 bits per heavy atom. The average molecular weight is 1110 g/mol. The van der Waals surface area contributed by atoms with Gasteiger partial charge in [-0.15, -0.1) is 6.07 Å². The predicted octanol–water partition coefficient (Wildman–Crippen LogP) is 15.3. The van der Waals surface area contributed by atoms with Crippen LogP contribution in [0.3, 0.4) is 0 Å².